The van der Waals surface area contributed by atoms with Crippen molar-refractivity contribution in [2.75, 3.05) is 13.1 Å². The summed E-state index contributed by atoms with van der Waals surface area (Å²) in [5, 5.41) is 6.73. The van der Waals surface area contributed by atoms with Crippen LogP contribution in [-0.2, 0) is 9.59 Å². The molecule has 2 unspecified atom stereocenters. The first-order valence-corrected chi connectivity index (χ1v) is 8.54. The van der Waals surface area contributed by atoms with Gasteiger partial charge >= 0.3 is 0 Å². The summed E-state index contributed by atoms with van der Waals surface area (Å²) in [5.74, 6) is 0.172. The molecule has 0 aromatic heterocycles. The third-order valence-electron chi connectivity index (χ3n) is 5.09. The fourth-order valence-corrected chi connectivity index (χ4v) is 4.00. The van der Waals surface area contributed by atoms with Crippen LogP contribution in [0.2, 0.25) is 0 Å². The zero-order valence-corrected chi connectivity index (χ0v) is 14.0. The summed E-state index contributed by atoms with van der Waals surface area (Å²) in [6.45, 7) is 0.988. The number of nitrogens with zero attached hydrogens (tertiary/aromatic N) is 1. The lowest BCUT2D eigenvalue weighted by atomic mass is 10.00. The Balaban J connectivity index is 0.00000176. The van der Waals surface area contributed by atoms with E-state index in [0.717, 1.165) is 38.6 Å². The van der Waals surface area contributed by atoms with Crippen molar-refractivity contribution >= 4 is 24.2 Å². The van der Waals surface area contributed by atoms with Gasteiger partial charge in [-0.3, -0.25) is 9.59 Å². The second-order valence-corrected chi connectivity index (χ2v) is 6.85. The number of nitrogens with one attached hydrogen (secondary N) is 2. The van der Waals surface area contributed by atoms with E-state index in [1.54, 1.807) is 4.90 Å². The largest absolute Gasteiger partial charge is 0.352 e. The number of fused-ring (bicyclic) bond motifs is 2. The lowest BCUT2D eigenvalue weighted by Crippen LogP contribution is -2.50. The van der Waals surface area contributed by atoms with Crippen LogP contribution < -0.4 is 10.6 Å². The van der Waals surface area contributed by atoms with Crippen LogP contribution in [0.15, 0.2) is 0 Å². The minimum absolute atomic E-state index is 0. The van der Waals surface area contributed by atoms with Crippen molar-refractivity contribution in [3.05, 3.63) is 0 Å². The molecule has 0 saturated carbocycles. The minimum Gasteiger partial charge on any atom is -0.352 e. The Hall–Kier alpha value is -0.810. The topological polar surface area (TPSA) is 61.4 Å². The zero-order valence-electron chi connectivity index (χ0n) is 13.2. The number of halogens is 1. The van der Waals surface area contributed by atoms with E-state index in [1.807, 2.05) is 0 Å². The van der Waals surface area contributed by atoms with Crippen molar-refractivity contribution in [1.82, 2.24) is 15.5 Å². The van der Waals surface area contributed by atoms with Crippen LogP contribution in [0, 0.1) is 0 Å². The van der Waals surface area contributed by atoms with Crippen LogP contribution in [0.25, 0.3) is 0 Å². The van der Waals surface area contributed by atoms with Gasteiger partial charge in [-0.25, -0.2) is 0 Å². The average molecular weight is 330 g/mol. The molecule has 0 aromatic carbocycles. The number of likely N-dealkylation sites (tertiary alicyclic amines) is 1. The second kappa shape index (κ2) is 8.16. The predicted molar refractivity (Wildman–Crippen MR) is 88.0 cm³/mol. The van der Waals surface area contributed by atoms with Crippen molar-refractivity contribution in [2.24, 2.45) is 0 Å². The number of carbonyl (C=O) groups excluding carboxylic acids is 2. The summed E-state index contributed by atoms with van der Waals surface area (Å²) in [7, 11) is 0. The molecule has 2 atom stereocenters. The number of hydrogen-bond donors (Lipinski definition) is 2. The number of piperidine rings is 1. The molecule has 3 aliphatic heterocycles. The first-order valence-electron chi connectivity index (χ1n) is 8.54. The highest BCUT2D eigenvalue weighted by molar-refractivity contribution is 5.85. The SMILES string of the molecule is Cl.O=C(CN1CCCCCCC1=O)NC1CC2CCC(C1)N2. The molecule has 5 nitrogen and oxygen atoms in total. The van der Waals surface area contributed by atoms with E-state index < -0.39 is 0 Å². The molecule has 6 heteroatoms. The molecular weight excluding hydrogens is 302 g/mol. The summed E-state index contributed by atoms with van der Waals surface area (Å²) in [5.41, 5.74) is 0. The van der Waals surface area contributed by atoms with E-state index in [1.165, 1.54) is 19.3 Å². The third kappa shape index (κ3) is 4.59. The lowest BCUT2D eigenvalue weighted by Gasteiger charge is -2.31. The average Bonchev–Trinajstić information content (AvgIpc) is 2.78. The quantitative estimate of drug-likeness (QED) is 0.826. The molecule has 0 aliphatic carbocycles. The molecule has 2 amide bonds. The fourth-order valence-electron chi connectivity index (χ4n) is 4.00. The van der Waals surface area contributed by atoms with Gasteiger partial charge in [0.15, 0.2) is 0 Å². The van der Waals surface area contributed by atoms with E-state index in [2.05, 4.69) is 10.6 Å². The summed E-state index contributed by atoms with van der Waals surface area (Å²) < 4.78 is 0. The van der Waals surface area contributed by atoms with Crippen LogP contribution in [0.5, 0.6) is 0 Å². The number of hydrogen-bond acceptors (Lipinski definition) is 3. The van der Waals surface area contributed by atoms with Gasteiger partial charge in [0.25, 0.3) is 0 Å². The first kappa shape index (κ1) is 17.5. The van der Waals surface area contributed by atoms with Gasteiger partial charge in [0.05, 0.1) is 6.54 Å². The Morgan fingerprint density at radius 1 is 1.14 bits per heavy atom. The van der Waals surface area contributed by atoms with Gasteiger partial charge in [0.2, 0.25) is 11.8 Å². The number of amides is 2. The van der Waals surface area contributed by atoms with Crippen molar-refractivity contribution in [2.45, 2.75) is 75.9 Å². The van der Waals surface area contributed by atoms with E-state index in [4.69, 9.17) is 0 Å². The van der Waals surface area contributed by atoms with E-state index in [-0.39, 0.29) is 30.8 Å². The summed E-state index contributed by atoms with van der Waals surface area (Å²) in [6.07, 6.45) is 9.46. The molecule has 0 radical (unpaired) electrons. The Bertz CT molecular complexity index is 393. The Labute approximate surface area is 139 Å². The van der Waals surface area contributed by atoms with E-state index in [9.17, 15) is 9.59 Å². The standard InChI is InChI=1S/C16H27N3O2.ClH/c20-15(11-19-8-4-2-1-3-5-16(19)21)18-14-9-12-6-7-13(10-14)17-12;/h12-14,17H,1-11H2,(H,18,20);1H. The highest BCUT2D eigenvalue weighted by Crippen LogP contribution is 2.26. The van der Waals surface area contributed by atoms with Crippen LogP contribution in [0.3, 0.4) is 0 Å². The monoisotopic (exact) mass is 329 g/mol. The van der Waals surface area contributed by atoms with Gasteiger partial charge in [-0.2, -0.15) is 0 Å². The van der Waals surface area contributed by atoms with Crippen molar-refractivity contribution in [3.8, 4) is 0 Å². The number of rotatable bonds is 3. The number of carbonyl (C=O) groups is 2. The zero-order chi connectivity index (χ0) is 14.7. The summed E-state index contributed by atoms with van der Waals surface area (Å²) in [4.78, 5) is 26.0. The molecule has 3 heterocycles. The molecule has 3 fully saturated rings. The maximum absolute atomic E-state index is 12.2. The molecule has 126 valence electrons. The third-order valence-corrected chi connectivity index (χ3v) is 5.09. The van der Waals surface area contributed by atoms with Crippen LogP contribution in [0.4, 0.5) is 0 Å². The first-order chi connectivity index (χ1) is 10.2. The molecule has 2 N–H and O–H groups in total. The Morgan fingerprint density at radius 3 is 2.55 bits per heavy atom. The van der Waals surface area contributed by atoms with Crippen LogP contribution in [-0.4, -0.2) is 47.9 Å². The van der Waals surface area contributed by atoms with E-state index >= 15 is 0 Å². The van der Waals surface area contributed by atoms with Crippen LogP contribution >= 0.6 is 12.4 Å². The lowest BCUT2D eigenvalue weighted by molar-refractivity contribution is -0.136. The van der Waals surface area contributed by atoms with Gasteiger partial charge in [0.1, 0.15) is 0 Å². The van der Waals surface area contributed by atoms with Crippen molar-refractivity contribution in [3.63, 3.8) is 0 Å². The smallest absolute Gasteiger partial charge is 0.239 e. The summed E-state index contributed by atoms with van der Waals surface area (Å²) >= 11 is 0. The Kier molecular flexibility index (Phi) is 6.50. The van der Waals surface area contributed by atoms with Crippen LogP contribution in [0.1, 0.15) is 57.8 Å². The van der Waals surface area contributed by atoms with Crippen molar-refractivity contribution < 1.29 is 9.59 Å². The molecule has 22 heavy (non-hydrogen) atoms. The van der Waals surface area contributed by atoms with Gasteiger partial charge in [-0.1, -0.05) is 12.8 Å². The van der Waals surface area contributed by atoms with Gasteiger partial charge in [-0.05, 0) is 38.5 Å². The Morgan fingerprint density at radius 2 is 1.82 bits per heavy atom. The molecule has 3 saturated heterocycles. The highest BCUT2D eigenvalue weighted by Gasteiger charge is 2.34. The molecular formula is C16H28ClN3O2. The maximum Gasteiger partial charge on any atom is 0.239 e. The molecule has 3 rings (SSSR count). The van der Waals surface area contributed by atoms with Gasteiger partial charge in [0, 0.05) is 31.1 Å². The van der Waals surface area contributed by atoms with Crippen molar-refractivity contribution in [1.29, 1.82) is 0 Å². The second-order valence-electron chi connectivity index (χ2n) is 6.85. The predicted octanol–water partition coefficient (Wildman–Crippen LogP) is 1.60. The molecule has 3 aliphatic rings. The molecule has 0 spiro atoms. The normalized spacial score (nSPS) is 31.9. The molecule has 0 aromatic rings. The summed E-state index contributed by atoms with van der Waals surface area (Å²) in [6, 6.07) is 1.45. The van der Waals surface area contributed by atoms with Gasteiger partial charge < -0.3 is 15.5 Å². The molecule has 2 bridgehead atoms. The van der Waals surface area contributed by atoms with E-state index in [0.29, 0.717) is 24.5 Å². The minimum atomic E-state index is 0. The van der Waals surface area contributed by atoms with Gasteiger partial charge in [-0.15, -0.1) is 12.4 Å². The highest BCUT2D eigenvalue weighted by atomic mass is 35.5. The fraction of sp³-hybridized carbons (Fsp3) is 0.875. The maximum atomic E-state index is 12.2.